The number of fused-ring (bicyclic) bond motifs is 1. The van der Waals surface area contributed by atoms with Crippen molar-refractivity contribution in [2.75, 3.05) is 5.43 Å². The third-order valence-electron chi connectivity index (χ3n) is 3.65. The fourth-order valence-corrected chi connectivity index (χ4v) is 2.53. The van der Waals surface area contributed by atoms with Crippen molar-refractivity contribution in [1.29, 1.82) is 0 Å². The van der Waals surface area contributed by atoms with Crippen molar-refractivity contribution in [1.82, 2.24) is 9.66 Å². The van der Waals surface area contributed by atoms with Gasteiger partial charge in [-0.15, -0.1) is 0 Å². The van der Waals surface area contributed by atoms with Gasteiger partial charge in [0.1, 0.15) is 11.6 Å². The van der Waals surface area contributed by atoms with Crippen LogP contribution in [0.2, 0.25) is 0 Å². The Morgan fingerprint density at radius 2 is 2.00 bits per heavy atom. The summed E-state index contributed by atoms with van der Waals surface area (Å²) in [7, 11) is 0. The molecule has 0 aliphatic carbocycles. The smallest absolute Gasteiger partial charge is 0.273 e. The molecular weight excluding hydrogens is 309 g/mol. The van der Waals surface area contributed by atoms with Crippen molar-refractivity contribution in [3.8, 4) is 0 Å². The first-order valence-electron chi connectivity index (χ1n) is 7.63. The molecule has 0 saturated heterocycles. The number of halogens is 1. The van der Waals surface area contributed by atoms with Crippen molar-refractivity contribution >= 4 is 16.8 Å². The van der Waals surface area contributed by atoms with E-state index in [-0.39, 0.29) is 12.0 Å². The predicted octanol–water partition coefficient (Wildman–Crippen LogP) is 2.41. The molecule has 1 aromatic heterocycles. The molecule has 0 aliphatic rings. The summed E-state index contributed by atoms with van der Waals surface area (Å²) < 4.78 is 14.4. The molecule has 0 bridgehead atoms. The van der Waals surface area contributed by atoms with Crippen LogP contribution >= 0.6 is 0 Å². The van der Waals surface area contributed by atoms with E-state index in [0.717, 1.165) is 0 Å². The number of benzene rings is 2. The normalized spacial score (nSPS) is 10.8. The maximum Gasteiger partial charge on any atom is 0.280 e. The molecular formula is C18H16FN3O2. The van der Waals surface area contributed by atoms with Crippen molar-refractivity contribution in [3.63, 3.8) is 0 Å². The van der Waals surface area contributed by atoms with Crippen LogP contribution in [0.1, 0.15) is 18.3 Å². The van der Waals surface area contributed by atoms with E-state index in [1.54, 1.807) is 36.4 Å². The van der Waals surface area contributed by atoms with Gasteiger partial charge in [0.05, 0.1) is 17.3 Å². The van der Waals surface area contributed by atoms with Crippen molar-refractivity contribution in [2.45, 2.75) is 19.8 Å². The summed E-state index contributed by atoms with van der Waals surface area (Å²) in [5.41, 5.74) is 3.37. The van der Waals surface area contributed by atoms with Crippen LogP contribution in [0.5, 0.6) is 0 Å². The average Bonchev–Trinajstić information content (AvgIpc) is 2.57. The Hall–Kier alpha value is -3.02. The Kier molecular flexibility index (Phi) is 4.37. The van der Waals surface area contributed by atoms with Crippen LogP contribution in [0.15, 0.2) is 53.3 Å². The number of nitrogens with zero attached hydrogens (tertiary/aromatic N) is 2. The van der Waals surface area contributed by atoms with Crippen LogP contribution < -0.4 is 11.0 Å². The van der Waals surface area contributed by atoms with Crippen LogP contribution in [-0.4, -0.2) is 15.6 Å². The topological polar surface area (TPSA) is 64.0 Å². The maximum atomic E-state index is 13.2. The van der Waals surface area contributed by atoms with Gasteiger partial charge >= 0.3 is 0 Å². The SMILES string of the molecule is CCc1nc2ccccc2c(=O)n1NC(=O)Cc1cccc(F)c1. The maximum absolute atomic E-state index is 13.2. The summed E-state index contributed by atoms with van der Waals surface area (Å²) in [6, 6.07) is 12.8. The molecule has 6 heteroatoms. The fraction of sp³-hybridized carbons (Fsp3) is 0.167. The molecule has 0 unspecified atom stereocenters. The molecule has 1 heterocycles. The van der Waals surface area contributed by atoms with Gasteiger partial charge in [0, 0.05) is 6.42 Å². The first-order chi connectivity index (χ1) is 11.6. The third kappa shape index (κ3) is 3.17. The Labute approximate surface area is 137 Å². The van der Waals surface area contributed by atoms with Gasteiger partial charge in [-0.2, -0.15) is 0 Å². The van der Waals surface area contributed by atoms with Crippen LogP contribution in [0.4, 0.5) is 4.39 Å². The summed E-state index contributed by atoms with van der Waals surface area (Å²) in [4.78, 5) is 29.2. The van der Waals surface area contributed by atoms with E-state index < -0.39 is 11.7 Å². The number of para-hydroxylation sites is 1. The number of hydrogen-bond donors (Lipinski definition) is 1. The first kappa shape index (κ1) is 15.9. The molecule has 0 aliphatic heterocycles. The van der Waals surface area contributed by atoms with E-state index in [1.807, 2.05) is 6.92 Å². The van der Waals surface area contributed by atoms with Gasteiger partial charge in [0.25, 0.3) is 5.56 Å². The quantitative estimate of drug-likeness (QED) is 0.801. The van der Waals surface area contributed by atoms with Crippen LogP contribution in [0, 0.1) is 5.82 Å². The molecule has 0 fully saturated rings. The summed E-state index contributed by atoms with van der Waals surface area (Å²) in [5, 5.41) is 0.431. The molecule has 0 atom stereocenters. The van der Waals surface area contributed by atoms with Crippen molar-refractivity contribution in [2.24, 2.45) is 0 Å². The Morgan fingerprint density at radius 3 is 2.75 bits per heavy atom. The molecule has 3 aromatic rings. The lowest BCUT2D eigenvalue weighted by Gasteiger charge is -2.13. The molecule has 1 amide bonds. The third-order valence-corrected chi connectivity index (χ3v) is 3.65. The number of hydrogen-bond acceptors (Lipinski definition) is 3. The minimum Gasteiger partial charge on any atom is -0.273 e. The van der Waals surface area contributed by atoms with Gasteiger partial charge in [0.15, 0.2) is 0 Å². The van der Waals surface area contributed by atoms with E-state index in [2.05, 4.69) is 10.4 Å². The number of carbonyl (C=O) groups is 1. The monoisotopic (exact) mass is 325 g/mol. The summed E-state index contributed by atoms with van der Waals surface area (Å²) in [6.45, 7) is 1.85. The zero-order valence-electron chi connectivity index (χ0n) is 13.1. The Bertz CT molecular complexity index is 966. The second-order valence-corrected chi connectivity index (χ2v) is 5.38. The number of amides is 1. The van der Waals surface area contributed by atoms with E-state index >= 15 is 0 Å². The molecule has 0 spiro atoms. The summed E-state index contributed by atoms with van der Waals surface area (Å²) in [6.07, 6.45) is 0.459. The zero-order valence-corrected chi connectivity index (χ0v) is 13.1. The molecule has 24 heavy (non-hydrogen) atoms. The lowest BCUT2D eigenvalue weighted by atomic mass is 10.1. The largest absolute Gasteiger partial charge is 0.280 e. The minimum absolute atomic E-state index is 0.0276. The number of rotatable bonds is 4. The molecule has 1 N–H and O–H groups in total. The Balaban J connectivity index is 1.93. The van der Waals surface area contributed by atoms with E-state index in [4.69, 9.17) is 0 Å². The van der Waals surface area contributed by atoms with Gasteiger partial charge in [-0.3, -0.25) is 15.0 Å². The zero-order chi connectivity index (χ0) is 17.1. The van der Waals surface area contributed by atoms with E-state index in [9.17, 15) is 14.0 Å². The second kappa shape index (κ2) is 6.62. The number of aromatic nitrogens is 2. The van der Waals surface area contributed by atoms with Crippen LogP contribution in [0.3, 0.4) is 0 Å². The standard InChI is InChI=1S/C18H16FN3O2/c1-2-16-20-15-9-4-3-8-14(15)18(24)22(16)21-17(23)11-12-6-5-7-13(19)10-12/h3-10H,2,11H2,1H3,(H,21,23). The van der Waals surface area contributed by atoms with Crippen molar-refractivity contribution in [3.05, 3.63) is 76.1 Å². The molecule has 122 valence electrons. The summed E-state index contributed by atoms with van der Waals surface area (Å²) in [5.74, 6) is -0.347. The number of aryl methyl sites for hydroxylation is 1. The van der Waals surface area contributed by atoms with Crippen LogP contribution in [0.25, 0.3) is 10.9 Å². The molecule has 0 radical (unpaired) electrons. The molecule has 2 aromatic carbocycles. The minimum atomic E-state index is -0.408. The average molecular weight is 325 g/mol. The second-order valence-electron chi connectivity index (χ2n) is 5.38. The van der Waals surface area contributed by atoms with Gasteiger partial charge in [-0.1, -0.05) is 31.2 Å². The van der Waals surface area contributed by atoms with Crippen molar-refractivity contribution < 1.29 is 9.18 Å². The highest BCUT2D eigenvalue weighted by molar-refractivity contribution is 5.86. The van der Waals surface area contributed by atoms with E-state index in [0.29, 0.717) is 28.7 Å². The van der Waals surface area contributed by atoms with E-state index in [1.165, 1.54) is 16.8 Å². The number of carbonyl (C=O) groups excluding carboxylic acids is 1. The van der Waals surface area contributed by atoms with Crippen LogP contribution in [-0.2, 0) is 17.6 Å². The highest BCUT2D eigenvalue weighted by Gasteiger charge is 2.12. The highest BCUT2D eigenvalue weighted by Crippen LogP contribution is 2.08. The van der Waals surface area contributed by atoms with Gasteiger partial charge in [0.2, 0.25) is 5.91 Å². The lowest BCUT2D eigenvalue weighted by Crippen LogP contribution is -2.37. The van der Waals surface area contributed by atoms with Gasteiger partial charge < -0.3 is 0 Å². The first-order valence-corrected chi connectivity index (χ1v) is 7.63. The van der Waals surface area contributed by atoms with Gasteiger partial charge in [-0.25, -0.2) is 14.1 Å². The fourth-order valence-electron chi connectivity index (χ4n) is 2.53. The highest BCUT2D eigenvalue weighted by atomic mass is 19.1. The Morgan fingerprint density at radius 1 is 1.21 bits per heavy atom. The lowest BCUT2D eigenvalue weighted by molar-refractivity contribution is -0.116. The molecule has 3 rings (SSSR count). The van der Waals surface area contributed by atoms with Gasteiger partial charge in [-0.05, 0) is 29.8 Å². The number of nitrogens with one attached hydrogen (secondary N) is 1. The molecule has 0 saturated carbocycles. The predicted molar refractivity (Wildman–Crippen MR) is 89.9 cm³/mol. The summed E-state index contributed by atoms with van der Waals surface area (Å²) >= 11 is 0. The molecule has 5 nitrogen and oxygen atoms in total.